The minimum Gasteiger partial charge on any atom is -0.361 e. The highest BCUT2D eigenvalue weighted by Gasteiger charge is 2.26. The Labute approximate surface area is 172 Å². The van der Waals surface area contributed by atoms with E-state index >= 15 is 0 Å². The fraction of sp³-hybridized carbons (Fsp3) is 0.400. The molecule has 1 fully saturated rings. The summed E-state index contributed by atoms with van der Waals surface area (Å²) in [4.78, 5) is 18.4. The molecule has 3 aromatic rings. The second-order valence-electron chi connectivity index (χ2n) is 8.55. The number of nitrogens with zero attached hydrogens (tertiary/aromatic N) is 1. The van der Waals surface area contributed by atoms with Gasteiger partial charge in [-0.3, -0.25) is 9.69 Å². The summed E-state index contributed by atoms with van der Waals surface area (Å²) in [5.74, 6) is 0.743. The molecular weight excluding hydrogens is 358 g/mol. The molecule has 1 amide bonds. The molecule has 2 aliphatic rings. The molecule has 1 aliphatic heterocycles. The molecule has 2 heterocycles. The van der Waals surface area contributed by atoms with Crippen LogP contribution in [0.15, 0.2) is 54.7 Å². The Kier molecular flexibility index (Phi) is 5.11. The van der Waals surface area contributed by atoms with Crippen LogP contribution in [-0.4, -0.2) is 35.4 Å². The topological polar surface area (TPSA) is 48.1 Å². The van der Waals surface area contributed by atoms with Crippen LogP contribution in [0, 0.1) is 0 Å². The molecule has 1 saturated heterocycles. The number of rotatable bonds is 4. The molecular formula is C25H29N3O. The largest absolute Gasteiger partial charge is 0.361 e. The number of carbonyl (C=O) groups is 1. The van der Waals surface area contributed by atoms with Crippen molar-refractivity contribution in [3.05, 3.63) is 71.4 Å². The van der Waals surface area contributed by atoms with Crippen molar-refractivity contribution in [2.45, 2.75) is 44.1 Å². The number of hydrogen-bond acceptors (Lipinski definition) is 2. The Morgan fingerprint density at radius 2 is 1.79 bits per heavy atom. The number of aryl methyl sites for hydroxylation is 1. The van der Waals surface area contributed by atoms with Gasteiger partial charge in [-0.25, -0.2) is 0 Å². The predicted molar refractivity (Wildman–Crippen MR) is 117 cm³/mol. The first kappa shape index (κ1) is 18.4. The molecule has 0 saturated carbocycles. The first-order chi connectivity index (χ1) is 14.3. The third kappa shape index (κ3) is 3.82. The van der Waals surface area contributed by atoms with Crippen molar-refractivity contribution >= 4 is 16.8 Å². The normalized spacial score (nSPS) is 20.5. The molecule has 2 N–H and O–H groups in total. The first-order valence-electron chi connectivity index (χ1n) is 10.9. The van der Waals surface area contributed by atoms with E-state index in [1.54, 1.807) is 0 Å². The van der Waals surface area contributed by atoms with E-state index < -0.39 is 0 Å². The lowest BCUT2D eigenvalue weighted by Crippen LogP contribution is -2.42. The maximum atomic E-state index is 12.7. The Morgan fingerprint density at radius 3 is 2.69 bits per heavy atom. The summed E-state index contributed by atoms with van der Waals surface area (Å²) in [6, 6.07) is 17.3. The lowest BCUT2D eigenvalue weighted by Gasteiger charge is -2.32. The number of likely N-dealkylation sites (tertiary alicyclic amines) is 1. The maximum Gasteiger partial charge on any atom is 0.234 e. The van der Waals surface area contributed by atoms with E-state index in [0.29, 0.717) is 12.5 Å². The van der Waals surface area contributed by atoms with Gasteiger partial charge in [0.2, 0.25) is 5.91 Å². The van der Waals surface area contributed by atoms with Crippen molar-refractivity contribution < 1.29 is 4.79 Å². The maximum absolute atomic E-state index is 12.7. The van der Waals surface area contributed by atoms with Crippen LogP contribution in [-0.2, 0) is 11.2 Å². The second kappa shape index (κ2) is 8.03. The lowest BCUT2D eigenvalue weighted by atomic mass is 9.87. The molecule has 1 atom stereocenters. The second-order valence-corrected chi connectivity index (χ2v) is 8.55. The van der Waals surface area contributed by atoms with Crippen LogP contribution in [0.5, 0.6) is 0 Å². The Hall–Kier alpha value is -2.59. The molecule has 29 heavy (non-hydrogen) atoms. The highest BCUT2D eigenvalue weighted by atomic mass is 16.2. The number of hydrogen-bond donors (Lipinski definition) is 2. The number of amides is 1. The molecule has 1 aliphatic carbocycles. The summed E-state index contributed by atoms with van der Waals surface area (Å²) in [6.07, 6.45) is 7.73. The quantitative estimate of drug-likeness (QED) is 0.690. The molecule has 0 spiro atoms. The van der Waals surface area contributed by atoms with Gasteiger partial charge in [0.25, 0.3) is 0 Å². The van der Waals surface area contributed by atoms with Gasteiger partial charge in [0.1, 0.15) is 0 Å². The van der Waals surface area contributed by atoms with E-state index in [-0.39, 0.29) is 11.9 Å². The zero-order valence-corrected chi connectivity index (χ0v) is 16.9. The zero-order chi connectivity index (χ0) is 19.6. The Balaban J connectivity index is 1.17. The number of H-pyrrole nitrogens is 1. The number of benzene rings is 2. The minimum absolute atomic E-state index is 0.164. The molecule has 0 unspecified atom stereocenters. The zero-order valence-electron chi connectivity index (χ0n) is 16.9. The third-order valence-electron chi connectivity index (χ3n) is 6.72. The van der Waals surface area contributed by atoms with Crippen molar-refractivity contribution in [2.24, 2.45) is 0 Å². The summed E-state index contributed by atoms with van der Waals surface area (Å²) in [6.45, 7) is 2.48. The molecule has 4 heteroatoms. The molecule has 1 aromatic heterocycles. The van der Waals surface area contributed by atoms with Crippen molar-refractivity contribution in [1.29, 1.82) is 0 Å². The molecule has 2 aromatic carbocycles. The van der Waals surface area contributed by atoms with Gasteiger partial charge in [0.05, 0.1) is 12.6 Å². The van der Waals surface area contributed by atoms with E-state index in [1.807, 2.05) is 0 Å². The Bertz CT molecular complexity index is 1000. The average molecular weight is 388 g/mol. The molecule has 150 valence electrons. The van der Waals surface area contributed by atoms with Crippen molar-refractivity contribution in [2.75, 3.05) is 19.6 Å². The van der Waals surface area contributed by atoms with Gasteiger partial charge in [-0.2, -0.15) is 0 Å². The highest BCUT2D eigenvalue weighted by Crippen LogP contribution is 2.33. The fourth-order valence-corrected chi connectivity index (χ4v) is 5.18. The van der Waals surface area contributed by atoms with Crippen LogP contribution >= 0.6 is 0 Å². The van der Waals surface area contributed by atoms with E-state index in [2.05, 4.69) is 69.9 Å². The van der Waals surface area contributed by atoms with Crippen molar-refractivity contribution in [1.82, 2.24) is 15.2 Å². The van der Waals surface area contributed by atoms with Crippen molar-refractivity contribution in [3.8, 4) is 0 Å². The molecule has 0 radical (unpaired) electrons. The number of aromatic amines is 1. The van der Waals surface area contributed by atoms with E-state index in [1.165, 1.54) is 27.6 Å². The number of aromatic nitrogens is 1. The summed E-state index contributed by atoms with van der Waals surface area (Å²) < 4.78 is 0. The molecule has 4 nitrogen and oxygen atoms in total. The van der Waals surface area contributed by atoms with E-state index in [9.17, 15) is 4.79 Å². The highest BCUT2D eigenvalue weighted by molar-refractivity contribution is 5.83. The van der Waals surface area contributed by atoms with Gasteiger partial charge in [-0.15, -0.1) is 0 Å². The number of fused-ring (bicyclic) bond motifs is 2. The summed E-state index contributed by atoms with van der Waals surface area (Å²) in [5, 5.41) is 4.65. The third-order valence-corrected chi connectivity index (χ3v) is 6.72. The van der Waals surface area contributed by atoms with Crippen LogP contribution in [0.2, 0.25) is 0 Å². The summed E-state index contributed by atoms with van der Waals surface area (Å²) in [7, 11) is 0. The van der Waals surface area contributed by atoms with Gasteiger partial charge >= 0.3 is 0 Å². The molecule has 5 rings (SSSR count). The van der Waals surface area contributed by atoms with Crippen LogP contribution in [0.1, 0.15) is 54.3 Å². The Morgan fingerprint density at radius 1 is 1.00 bits per heavy atom. The van der Waals surface area contributed by atoms with Gasteiger partial charge in [0.15, 0.2) is 0 Å². The van der Waals surface area contributed by atoms with Crippen LogP contribution in [0.4, 0.5) is 0 Å². The van der Waals surface area contributed by atoms with E-state index in [0.717, 1.165) is 45.2 Å². The van der Waals surface area contributed by atoms with Crippen LogP contribution in [0.3, 0.4) is 0 Å². The standard InChI is InChI=1S/C25H29N3O/c29-25(27-24-11-5-7-18-6-1-2-8-20(18)24)17-28-14-12-19(13-15-28)22-16-26-23-10-4-3-9-21(22)23/h1-4,6,8-10,16,19,24,26H,5,7,11-15,17H2,(H,27,29)/t24-/m1/s1. The van der Waals surface area contributed by atoms with Crippen LogP contribution < -0.4 is 5.32 Å². The summed E-state index contributed by atoms with van der Waals surface area (Å²) in [5.41, 5.74) is 5.36. The minimum atomic E-state index is 0.164. The number of para-hydroxylation sites is 1. The first-order valence-corrected chi connectivity index (χ1v) is 10.9. The summed E-state index contributed by atoms with van der Waals surface area (Å²) >= 11 is 0. The predicted octanol–water partition coefficient (Wildman–Crippen LogP) is 4.54. The van der Waals surface area contributed by atoms with Crippen molar-refractivity contribution in [3.63, 3.8) is 0 Å². The van der Waals surface area contributed by atoms with E-state index in [4.69, 9.17) is 0 Å². The lowest BCUT2D eigenvalue weighted by molar-refractivity contribution is -0.123. The van der Waals surface area contributed by atoms with Crippen LogP contribution in [0.25, 0.3) is 10.9 Å². The van der Waals surface area contributed by atoms with Gasteiger partial charge in [-0.1, -0.05) is 42.5 Å². The smallest absolute Gasteiger partial charge is 0.234 e. The average Bonchev–Trinajstić information content (AvgIpc) is 3.19. The SMILES string of the molecule is O=C(CN1CCC(c2c[nH]c3ccccc23)CC1)N[C@@H]1CCCc2ccccc21. The monoisotopic (exact) mass is 387 g/mol. The molecule has 0 bridgehead atoms. The number of carbonyl (C=O) groups excluding carboxylic acids is 1. The van der Waals surface area contributed by atoms with Gasteiger partial charge in [-0.05, 0) is 73.9 Å². The van der Waals surface area contributed by atoms with Gasteiger partial charge < -0.3 is 10.3 Å². The fourth-order valence-electron chi connectivity index (χ4n) is 5.18. The number of nitrogens with one attached hydrogen (secondary N) is 2. The number of piperidine rings is 1. The van der Waals surface area contributed by atoms with Gasteiger partial charge in [0, 0.05) is 17.1 Å².